The quantitative estimate of drug-likeness (QED) is 0.886. The lowest BCUT2D eigenvalue weighted by atomic mass is 10.1. The van der Waals surface area contributed by atoms with E-state index in [9.17, 15) is 0 Å². The molecule has 19 heavy (non-hydrogen) atoms. The highest BCUT2D eigenvalue weighted by Crippen LogP contribution is 2.39. The summed E-state index contributed by atoms with van der Waals surface area (Å²) in [5.41, 5.74) is 7.83. The number of hydrogen-bond acceptors (Lipinski definition) is 6. The van der Waals surface area contributed by atoms with Gasteiger partial charge in [-0.05, 0) is 19.8 Å². The van der Waals surface area contributed by atoms with Gasteiger partial charge < -0.3 is 15.0 Å². The van der Waals surface area contributed by atoms with Gasteiger partial charge in [-0.1, -0.05) is 5.16 Å². The Bertz CT molecular complexity index is 599. The standard InChI is InChI=1S/C12H17N5O2/c1-6-8(12(18-3)17(2)15-6)9(13)10-14-11(19-16-10)7-4-5-7/h7,9H,4-5,13H2,1-3H3. The minimum Gasteiger partial charge on any atom is -0.481 e. The highest BCUT2D eigenvalue weighted by atomic mass is 16.5. The third-order valence-electron chi connectivity index (χ3n) is 3.38. The second-order valence-corrected chi connectivity index (χ2v) is 4.87. The average Bonchev–Trinajstić information content (AvgIpc) is 3.04. The van der Waals surface area contributed by atoms with Crippen LogP contribution in [0.1, 0.15) is 47.8 Å². The van der Waals surface area contributed by atoms with E-state index in [1.807, 2.05) is 14.0 Å². The van der Waals surface area contributed by atoms with Crippen molar-refractivity contribution in [2.24, 2.45) is 12.8 Å². The van der Waals surface area contributed by atoms with Crippen LogP contribution in [0.2, 0.25) is 0 Å². The lowest BCUT2D eigenvalue weighted by Crippen LogP contribution is -2.15. The van der Waals surface area contributed by atoms with Gasteiger partial charge in [-0.15, -0.1) is 0 Å². The summed E-state index contributed by atoms with van der Waals surface area (Å²) in [5, 5.41) is 8.28. The first kappa shape index (κ1) is 12.2. The van der Waals surface area contributed by atoms with E-state index in [4.69, 9.17) is 15.0 Å². The number of rotatable bonds is 4. The van der Waals surface area contributed by atoms with Crippen LogP contribution < -0.4 is 10.5 Å². The maximum absolute atomic E-state index is 6.22. The normalized spacial score (nSPS) is 16.6. The van der Waals surface area contributed by atoms with E-state index >= 15 is 0 Å². The van der Waals surface area contributed by atoms with Gasteiger partial charge in [0.1, 0.15) is 6.04 Å². The zero-order chi connectivity index (χ0) is 13.6. The summed E-state index contributed by atoms with van der Waals surface area (Å²) in [5.74, 6) is 2.22. The summed E-state index contributed by atoms with van der Waals surface area (Å²) in [6.45, 7) is 1.89. The van der Waals surface area contributed by atoms with Gasteiger partial charge in [0, 0.05) is 13.0 Å². The summed E-state index contributed by atoms with van der Waals surface area (Å²) >= 11 is 0. The number of nitrogens with zero attached hydrogens (tertiary/aromatic N) is 4. The van der Waals surface area contributed by atoms with E-state index in [1.54, 1.807) is 11.8 Å². The molecular formula is C12H17N5O2. The van der Waals surface area contributed by atoms with E-state index in [0.29, 0.717) is 23.5 Å². The van der Waals surface area contributed by atoms with E-state index in [0.717, 1.165) is 24.1 Å². The van der Waals surface area contributed by atoms with Crippen LogP contribution in [-0.2, 0) is 7.05 Å². The third kappa shape index (κ3) is 1.99. The Balaban J connectivity index is 1.95. The molecule has 0 bridgehead atoms. The average molecular weight is 263 g/mol. The Hall–Kier alpha value is -1.89. The fourth-order valence-corrected chi connectivity index (χ4v) is 2.25. The van der Waals surface area contributed by atoms with Gasteiger partial charge in [-0.2, -0.15) is 10.1 Å². The summed E-state index contributed by atoms with van der Waals surface area (Å²) in [6, 6.07) is -0.486. The maximum Gasteiger partial charge on any atom is 0.229 e. The molecule has 0 saturated heterocycles. The molecule has 0 amide bonds. The summed E-state index contributed by atoms with van der Waals surface area (Å²) in [7, 11) is 3.41. The minimum atomic E-state index is -0.486. The van der Waals surface area contributed by atoms with Gasteiger partial charge in [0.05, 0.1) is 18.4 Å². The Morgan fingerprint density at radius 1 is 1.47 bits per heavy atom. The Labute approximate surface area is 110 Å². The first-order valence-corrected chi connectivity index (χ1v) is 6.28. The number of aromatic nitrogens is 4. The Kier molecular flexibility index (Phi) is 2.78. The Morgan fingerprint density at radius 2 is 2.21 bits per heavy atom. The van der Waals surface area contributed by atoms with Crippen molar-refractivity contribution in [2.75, 3.05) is 7.11 Å². The molecule has 1 atom stereocenters. The predicted molar refractivity (Wildman–Crippen MR) is 66.8 cm³/mol. The van der Waals surface area contributed by atoms with Crippen molar-refractivity contribution in [3.8, 4) is 5.88 Å². The molecule has 2 aromatic rings. The van der Waals surface area contributed by atoms with E-state index in [1.165, 1.54) is 0 Å². The van der Waals surface area contributed by atoms with Crippen molar-refractivity contribution in [2.45, 2.75) is 31.7 Å². The molecule has 2 N–H and O–H groups in total. The molecule has 1 unspecified atom stereocenters. The molecule has 3 rings (SSSR count). The van der Waals surface area contributed by atoms with Gasteiger partial charge in [0.15, 0.2) is 5.82 Å². The van der Waals surface area contributed by atoms with Crippen LogP contribution >= 0.6 is 0 Å². The first-order valence-electron chi connectivity index (χ1n) is 6.28. The summed E-state index contributed by atoms with van der Waals surface area (Å²) in [4.78, 5) is 4.38. The zero-order valence-electron chi connectivity index (χ0n) is 11.3. The van der Waals surface area contributed by atoms with Crippen LogP contribution in [0.3, 0.4) is 0 Å². The SMILES string of the molecule is COc1c(C(N)c2noc(C3CC3)n2)c(C)nn1C. The molecule has 102 valence electrons. The van der Waals surface area contributed by atoms with Crippen LogP contribution in [0.15, 0.2) is 4.52 Å². The molecule has 1 aliphatic rings. The van der Waals surface area contributed by atoms with Crippen LogP contribution in [-0.4, -0.2) is 27.0 Å². The predicted octanol–water partition coefficient (Wildman–Crippen LogP) is 1.05. The molecule has 1 fully saturated rings. The van der Waals surface area contributed by atoms with Crippen molar-refractivity contribution < 1.29 is 9.26 Å². The minimum absolute atomic E-state index is 0.422. The van der Waals surface area contributed by atoms with Gasteiger partial charge in [-0.25, -0.2) is 4.68 Å². The van der Waals surface area contributed by atoms with Gasteiger partial charge >= 0.3 is 0 Å². The summed E-state index contributed by atoms with van der Waals surface area (Å²) in [6.07, 6.45) is 2.23. The highest BCUT2D eigenvalue weighted by molar-refractivity contribution is 5.37. The van der Waals surface area contributed by atoms with Crippen LogP contribution in [0.25, 0.3) is 0 Å². The fraction of sp³-hybridized carbons (Fsp3) is 0.583. The third-order valence-corrected chi connectivity index (χ3v) is 3.38. The lowest BCUT2D eigenvalue weighted by molar-refractivity contribution is 0.363. The summed E-state index contributed by atoms with van der Waals surface area (Å²) < 4.78 is 12.2. The number of ether oxygens (including phenoxy) is 1. The van der Waals surface area contributed by atoms with Crippen molar-refractivity contribution in [1.82, 2.24) is 19.9 Å². The smallest absolute Gasteiger partial charge is 0.229 e. The number of aryl methyl sites for hydroxylation is 2. The van der Waals surface area contributed by atoms with Crippen LogP contribution in [0, 0.1) is 6.92 Å². The molecule has 1 saturated carbocycles. The molecule has 0 aromatic carbocycles. The molecule has 0 spiro atoms. The molecular weight excluding hydrogens is 246 g/mol. The van der Waals surface area contributed by atoms with Crippen molar-refractivity contribution in [1.29, 1.82) is 0 Å². The fourth-order valence-electron chi connectivity index (χ4n) is 2.25. The monoisotopic (exact) mass is 263 g/mol. The van der Waals surface area contributed by atoms with Gasteiger partial charge in [-0.3, -0.25) is 0 Å². The molecule has 1 aliphatic carbocycles. The molecule has 7 nitrogen and oxygen atoms in total. The van der Waals surface area contributed by atoms with Crippen molar-refractivity contribution >= 4 is 0 Å². The topological polar surface area (TPSA) is 92.0 Å². The van der Waals surface area contributed by atoms with E-state index in [2.05, 4.69) is 15.2 Å². The zero-order valence-corrected chi connectivity index (χ0v) is 11.3. The van der Waals surface area contributed by atoms with Gasteiger partial charge in [0.25, 0.3) is 0 Å². The van der Waals surface area contributed by atoms with Crippen LogP contribution in [0.5, 0.6) is 5.88 Å². The highest BCUT2D eigenvalue weighted by Gasteiger charge is 2.32. The number of hydrogen-bond donors (Lipinski definition) is 1. The second kappa shape index (κ2) is 4.34. The number of methoxy groups -OCH3 is 1. The van der Waals surface area contributed by atoms with E-state index < -0.39 is 6.04 Å². The molecule has 0 radical (unpaired) electrons. The first-order chi connectivity index (χ1) is 9.11. The molecule has 2 heterocycles. The van der Waals surface area contributed by atoms with Gasteiger partial charge in [0.2, 0.25) is 11.8 Å². The van der Waals surface area contributed by atoms with Crippen molar-refractivity contribution in [3.63, 3.8) is 0 Å². The lowest BCUT2D eigenvalue weighted by Gasteiger charge is -2.09. The Morgan fingerprint density at radius 3 is 2.84 bits per heavy atom. The molecule has 0 aliphatic heterocycles. The molecule has 2 aromatic heterocycles. The molecule has 7 heteroatoms. The maximum atomic E-state index is 6.22. The second-order valence-electron chi connectivity index (χ2n) is 4.87. The largest absolute Gasteiger partial charge is 0.481 e. The number of nitrogens with two attached hydrogens (primary N) is 1. The van der Waals surface area contributed by atoms with E-state index in [-0.39, 0.29) is 0 Å². The van der Waals surface area contributed by atoms with Crippen LogP contribution in [0.4, 0.5) is 0 Å². The van der Waals surface area contributed by atoms with Crippen molar-refractivity contribution in [3.05, 3.63) is 23.0 Å².